The van der Waals surface area contributed by atoms with Crippen LogP contribution in [-0.4, -0.2) is 63.6 Å². The van der Waals surface area contributed by atoms with E-state index in [0.29, 0.717) is 25.4 Å². The van der Waals surface area contributed by atoms with E-state index in [4.69, 9.17) is 19.7 Å². The Kier molecular flexibility index (Phi) is 9.89. The van der Waals surface area contributed by atoms with Gasteiger partial charge in [-0.05, 0) is 64.5 Å². The number of hydrogen-bond acceptors (Lipinski definition) is 9. The average molecular weight is 537 g/mol. The van der Waals surface area contributed by atoms with Crippen molar-refractivity contribution >= 4 is 24.0 Å². The Balaban J connectivity index is 1.71. The molecule has 216 valence electrons. The maximum atomic E-state index is 13.4. The molecule has 1 aliphatic carbocycles. The fourth-order valence-corrected chi connectivity index (χ4v) is 5.69. The summed E-state index contributed by atoms with van der Waals surface area (Å²) >= 11 is 0. The Morgan fingerprint density at radius 3 is 2.45 bits per heavy atom. The molecule has 1 saturated heterocycles. The molecule has 3 rings (SSSR count). The maximum Gasteiger partial charge on any atom is 0.412 e. The number of nitrogens with zero attached hydrogens (tertiary/aromatic N) is 3. The van der Waals surface area contributed by atoms with E-state index in [9.17, 15) is 9.59 Å². The van der Waals surface area contributed by atoms with Crippen molar-refractivity contribution in [3.8, 4) is 0 Å². The molecule has 11 heteroatoms. The van der Waals surface area contributed by atoms with E-state index in [-0.39, 0.29) is 47.9 Å². The number of rotatable bonds is 10. The van der Waals surface area contributed by atoms with Crippen LogP contribution >= 0.6 is 0 Å². The zero-order valence-electron chi connectivity index (χ0n) is 24.2. The van der Waals surface area contributed by atoms with Crippen LogP contribution in [0.1, 0.15) is 93.4 Å². The Morgan fingerprint density at radius 1 is 1.18 bits per heavy atom. The van der Waals surface area contributed by atoms with Gasteiger partial charge < -0.3 is 30.4 Å². The molecule has 4 N–H and O–H groups in total. The fraction of sp³-hybridized carbons (Fsp3) is 0.852. The van der Waals surface area contributed by atoms with E-state index in [1.54, 1.807) is 4.90 Å². The average Bonchev–Trinajstić information content (AvgIpc) is 3.33. The van der Waals surface area contributed by atoms with Gasteiger partial charge in [-0.3, -0.25) is 9.69 Å². The van der Waals surface area contributed by atoms with Crippen LogP contribution < -0.4 is 16.4 Å². The molecule has 0 aromatic carbocycles. The molecule has 2 heterocycles. The Bertz CT molecular complexity index is 921. The van der Waals surface area contributed by atoms with Gasteiger partial charge in [0.25, 0.3) is 5.95 Å². The van der Waals surface area contributed by atoms with Crippen LogP contribution in [0.15, 0.2) is 4.52 Å². The molecule has 1 aromatic rings. The molecule has 2 fully saturated rings. The zero-order chi connectivity index (χ0) is 28.1. The quantitative estimate of drug-likeness (QED) is 0.367. The summed E-state index contributed by atoms with van der Waals surface area (Å²) in [5.41, 5.74) is 3.99. The molecule has 1 aromatic heterocycles. The van der Waals surface area contributed by atoms with Gasteiger partial charge in [-0.15, -0.1) is 0 Å². The lowest BCUT2D eigenvalue weighted by molar-refractivity contribution is -0.129. The van der Waals surface area contributed by atoms with Gasteiger partial charge in [-0.1, -0.05) is 46.0 Å². The SMILES string of the molecule is CC(C)[C@H](CC1OC(C)(C)N(C(=O)OC(C)(C)C)[C@H]1CC1CCCCC1)C(=O)NCCNc1noc(N)n1. The summed E-state index contributed by atoms with van der Waals surface area (Å²) in [6.07, 6.45) is 6.81. The molecule has 1 saturated carbocycles. The molecule has 1 unspecified atom stereocenters. The third-order valence-corrected chi connectivity index (χ3v) is 7.45. The van der Waals surface area contributed by atoms with Crippen LogP contribution in [0.4, 0.5) is 16.8 Å². The summed E-state index contributed by atoms with van der Waals surface area (Å²) in [5, 5.41) is 9.67. The van der Waals surface area contributed by atoms with E-state index >= 15 is 0 Å². The van der Waals surface area contributed by atoms with Crippen LogP contribution in [-0.2, 0) is 14.3 Å². The highest BCUT2D eigenvalue weighted by Crippen LogP contribution is 2.41. The van der Waals surface area contributed by atoms with Crippen molar-refractivity contribution in [3.63, 3.8) is 0 Å². The second-order valence-corrected chi connectivity index (χ2v) is 12.5. The molecular weight excluding hydrogens is 488 g/mol. The van der Waals surface area contributed by atoms with Crippen LogP contribution in [0.25, 0.3) is 0 Å². The highest BCUT2D eigenvalue weighted by atomic mass is 16.6. The third kappa shape index (κ3) is 8.22. The normalized spacial score (nSPS) is 22.9. The second kappa shape index (κ2) is 12.5. The number of carbonyl (C=O) groups excluding carboxylic acids is 2. The second-order valence-electron chi connectivity index (χ2n) is 12.5. The van der Waals surface area contributed by atoms with Crippen molar-refractivity contribution in [2.24, 2.45) is 17.8 Å². The van der Waals surface area contributed by atoms with Gasteiger partial charge in [0.15, 0.2) is 0 Å². The third-order valence-electron chi connectivity index (χ3n) is 7.45. The van der Waals surface area contributed by atoms with Gasteiger partial charge in [-0.25, -0.2) is 4.79 Å². The number of carbonyl (C=O) groups is 2. The van der Waals surface area contributed by atoms with E-state index in [2.05, 4.69) is 20.8 Å². The number of hydrogen-bond donors (Lipinski definition) is 3. The van der Waals surface area contributed by atoms with Crippen LogP contribution in [0, 0.1) is 17.8 Å². The van der Waals surface area contributed by atoms with Crippen LogP contribution in [0.5, 0.6) is 0 Å². The largest absolute Gasteiger partial charge is 0.444 e. The minimum absolute atomic E-state index is 0.0147. The topological polar surface area (TPSA) is 145 Å². The van der Waals surface area contributed by atoms with Crippen molar-refractivity contribution in [2.75, 3.05) is 24.1 Å². The molecule has 11 nitrogen and oxygen atoms in total. The highest BCUT2D eigenvalue weighted by Gasteiger charge is 2.52. The van der Waals surface area contributed by atoms with Gasteiger partial charge in [0.1, 0.15) is 11.3 Å². The molecule has 0 radical (unpaired) electrons. The molecule has 38 heavy (non-hydrogen) atoms. The molecule has 2 amide bonds. The lowest BCUT2D eigenvalue weighted by Crippen LogP contribution is -2.51. The van der Waals surface area contributed by atoms with Crippen molar-refractivity contribution in [1.82, 2.24) is 20.4 Å². The smallest absolute Gasteiger partial charge is 0.412 e. The number of nitrogens with two attached hydrogens (primary N) is 1. The van der Waals surface area contributed by atoms with Crippen LogP contribution in [0.2, 0.25) is 0 Å². The van der Waals surface area contributed by atoms with E-state index in [1.807, 2.05) is 48.5 Å². The van der Waals surface area contributed by atoms with Gasteiger partial charge in [0.2, 0.25) is 5.91 Å². The summed E-state index contributed by atoms with van der Waals surface area (Å²) < 4.78 is 17.1. The van der Waals surface area contributed by atoms with E-state index < -0.39 is 11.3 Å². The van der Waals surface area contributed by atoms with Crippen molar-refractivity contribution in [3.05, 3.63) is 0 Å². The van der Waals surface area contributed by atoms with Gasteiger partial charge in [0, 0.05) is 19.0 Å². The lowest BCUT2D eigenvalue weighted by Gasteiger charge is -2.37. The number of ether oxygens (including phenoxy) is 2. The van der Waals surface area contributed by atoms with Crippen molar-refractivity contribution in [1.29, 1.82) is 0 Å². The number of amides is 2. The number of aromatic nitrogens is 2. The summed E-state index contributed by atoms with van der Waals surface area (Å²) in [6.45, 7) is 14.4. The van der Waals surface area contributed by atoms with E-state index in [0.717, 1.165) is 6.42 Å². The molecular formula is C27H48N6O5. The minimum atomic E-state index is -0.833. The molecule has 3 atom stereocenters. The van der Waals surface area contributed by atoms with Crippen molar-refractivity contribution < 1.29 is 23.6 Å². The summed E-state index contributed by atoms with van der Waals surface area (Å²) in [6, 6.07) is -0.165. The lowest BCUT2D eigenvalue weighted by atomic mass is 9.81. The first-order chi connectivity index (χ1) is 17.8. The predicted molar refractivity (Wildman–Crippen MR) is 145 cm³/mol. The Morgan fingerprint density at radius 2 is 1.87 bits per heavy atom. The first-order valence-corrected chi connectivity index (χ1v) is 14.1. The minimum Gasteiger partial charge on any atom is -0.444 e. The monoisotopic (exact) mass is 536 g/mol. The van der Waals surface area contributed by atoms with Crippen molar-refractivity contribution in [2.45, 2.75) is 117 Å². The fourth-order valence-electron chi connectivity index (χ4n) is 5.69. The number of anilines is 2. The summed E-state index contributed by atoms with van der Waals surface area (Å²) in [4.78, 5) is 32.4. The molecule has 2 aliphatic rings. The van der Waals surface area contributed by atoms with E-state index in [1.165, 1.54) is 32.1 Å². The van der Waals surface area contributed by atoms with Gasteiger partial charge in [0.05, 0.1) is 12.1 Å². The summed E-state index contributed by atoms with van der Waals surface area (Å²) in [7, 11) is 0. The Labute approximate surface area is 226 Å². The molecule has 1 aliphatic heterocycles. The standard InChI is InChI=1S/C27H48N6O5/c1-17(2)19(22(34)29-13-14-30-24-31-23(28)38-32-24)16-21-20(15-18-11-9-8-10-12-18)33(27(6,7)36-21)25(35)37-26(3,4)5/h17-21H,8-16H2,1-7H3,(H,29,34)(H3,28,30,31,32)/t19-,20-,21?/m0/s1. The van der Waals surface area contributed by atoms with Gasteiger partial charge in [-0.2, -0.15) is 4.98 Å². The molecule has 0 bridgehead atoms. The highest BCUT2D eigenvalue weighted by molar-refractivity contribution is 5.79. The first kappa shape index (κ1) is 30.0. The summed E-state index contributed by atoms with van der Waals surface area (Å²) in [5.74, 6) is 0.603. The predicted octanol–water partition coefficient (Wildman–Crippen LogP) is 4.55. The van der Waals surface area contributed by atoms with Crippen LogP contribution in [0.3, 0.4) is 0 Å². The maximum absolute atomic E-state index is 13.4. The van der Waals surface area contributed by atoms with Gasteiger partial charge >= 0.3 is 12.1 Å². The first-order valence-electron chi connectivity index (χ1n) is 14.1. The molecule has 0 spiro atoms. The number of nitrogens with one attached hydrogen (secondary N) is 2. The zero-order valence-corrected chi connectivity index (χ0v) is 24.2. The Hall–Kier alpha value is -2.56. The number of nitrogen functional groups attached to an aromatic ring is 1.